The van der Waals surface area contributed by atoms with Crippen LogP contribution in [0.25, 0.3) is 55.1 Å². The quantitative estimate of drug-likeness (QED) is 0.180. The Labute approximate surface area is 239 Å². The first-order valence-electron chi connectivity index (χ1n) is 13.6. The highest BCUT2D eigenvalue weighted by Gasteiger charge is 2.33. The van der Waals surface area contributed by atoms with Gasteiger partial charge in [-0.25, -0.2) is 4.79 Å². The van der Waals surface area contributed by atoms with Gasteiger partial charge in [-0.1, -0.05) is 72.8 Å². The molecule has 0 saturated carbocycles. The van der Waals surface area contributed by atoms with Crippen LogP contribution in [0.1, 0.15) is 36.6 Å². The molecule has 6 aromatic carbocycles. The Morgan fingerprint density at radius 1 is 0.619 bits per heavy atom. The van der Waals surface area contributed by atoms with Gasteiger partial charge in [-0.2, -0.15) is 0 Å². The Balaban J connectivity index is 1.35. The summed E-state index contributed by atoms with van der Waals surface area (Å²) >= 11 is 0. The van der Waals surface area contributed by atoms with E-state index in [0.717, 1.165) is 49.2 Å². The van der Waals surface area contributed by atoms with Gasteiger partial charge in [-0.15, -0.1) is 0 Å². The Morgan fingerprint density at radius 2 is 1.36 bits per heavy atom. The summed E-state index contributed by atoms with van der Waals surface area (Å²) in [5, 5.41) is 16.0. The fourth-order valence-corrected chi connectivity index (χ4v) is 6.23. The number of benzene rings is 6. The van der Waals surface area contributed by atoms with Gasteiger partial charge in [0.05, 0.1) is 22.2 Å². The maximum absolute atomic E-state index is 13.2. The fourth-order valence-electron chi connectivity index (χ4n) is 6.23. The van der Waals surface area contributed by atoms with Gasteiger partial charge in [0, 0.05) is 33.0 Å². The summed E-state index contributed by atoms with van der Waals surface area (Å²) in [7, 11) is 0. The van der Waals surface area contributed by atoms with Crippen LogP contribution in [0.2, 0.25) is 0 Å². The molecule has 5 nitrogen and oxygen atoms in total. The molecular weight excluding hydrogens is 522 g/mol. The number of fused-ring (bicyclic) bond motifs is 7. The van der Waals surface area contributed by atoms with Gasteiger partial charge >= 0.3 is 5.97 Å². The van der Waals surface area contributed by atoms with Crippen LogP contribution in [-0.4, -0.2) is 27.2 Å². The summed E-state index contributed by atoms with van der Waals surface area (Å²) in [6.07, 6.45) is 1.62. The zero-order valence-corrected chi connectivity index (χ0v) is 22.2. The lowest BCUT2D eigenvalue weighted by molar-refractivity contribution is 0.0696. The SMILES string of the molecule is O=C(O)c1ccc2c(c1)C(=O)/C(=C\c1ccc3c(c1)c1ccc4ccccc4c1n3-c1ccc3ccccc3c1)C2=O. The number of Topliss-reactive ketones (excluding diaryl/α,β-unsaturated/α-hetero) is 2. The number of allylic oxidation sites excluding steroid dienone is 1. The molecule has 0 fully saturated rings. The van der Waals surface area contributed by atoms with Gasteiger partial charge in [0.2, 0.25) is 0 Å². The third-order valence-electron chi connectivity index (χ3n) is 8.22. The molecule has 1 heterocycles. The predicted molar refractivity (Wildman–Crippen MR) is 166 cm³/mol. The van der Waals surface area contributed by atoms with Gasteiger partial charge in [0.1, 0.15) is 0 Å². The zero-order valence-electron chi connectivity index (χ0n) is 22.2. The number of carbonyl (C=O) groups excluding carboxylic acids is 2. The summed E-state index contributed by atoms with van der Waals surface area (Å²) in [5.74, 6) is -1.99. The van der Waals surface area contributed by atoms with E-state index in [-0.39, 0.29) is 22.3 Å². The van der Waals surface area contributed by atoms with E-state index in [2.05, 4.69) is 59.2 Å². The van der Waals surface area contributed by atoms with Crippen molar-refractivity contribution in [3.63, 3.8) is 0 Å². The number of aromatic carboxylic acids is 1. The first kappa shape index (κ1) is 24.0. The Kier molecular flexibility index (Phi) is 5.06. The molecule has 1 aliphatic carbocycles. The van der Waals surface area contributed by atoms with Crippen molar-refractivity contribution in [2.75, 3.05) is 0 Å². The first-order valence-corrected chi connectivity index (χ1v) is 13.6. The molecule has 42 heavy (non-hydrogen) atoms. The fraction of sp³-hybridized carbons (Fsp3) is 0. The summed E-state index contributed by atoms with van der Waals surface area (Å²) < 4.78 is 2.28. The minimum Gasteiger partial charge on any atom is -0.478 e. The normalized spacial score (nSPS) is 14.0. The van der Waals surface area contributed by atoms with Crippen molar-refractivity contribution in [3.05, 3.63) is 143 Å². The molecule has 0 radical (unpaired) electrons. The topological polar surface area (TPSA) is 76.4 Å². The lowest BCUT2D eigenvalue weighted by Gasteiger charge is -2.11. The zero-order chi connectivity index (χ0) is 28.5. The predicted octanol–water partition coefficient (Wildman–Crippen LogP) is 8.25. The van der Waals surface area contributed by atoms with Crippen molar-refractivity contribution in [2.24, 2.45) is 0 Å². The Morgan fingerprint density at radius 3 is 2.19 bits per heavy atom. The summed E-state index contributed by atoms with van der Waals surface area (Å²) in [4.78, 5) is 37.8. The van der Waals surface area contributed by atoms with E-state index >= 15 is 0 Å². The Hall–Kier alpha value is -5.81. The smallest absolute Gasteiger partial charge is 0.335 e. The average Bonchev–Trinajstić information content (AvgIpc) is 3.47. The van der Waals surface area contributed by atoms with Crippen LogP contribution < -0.4 is 0 Å². The molecular formula is C37H21NO4. The number of hydrogen-bond acceptors (Lipinski definition) is 3. The molecule has 7 aromatic rings. The molecule has 0 atom stereocenters. The molecule has 0 spiro atoms. The number of rotatable bonds is 3. The third kappa shape index (κ3) is 3.47. The number of carboxylic acids is 1. The second kappa shape index (κ2) is 8.85. The van der Waals surface area contributed by atoms with Crippen molar-refractivity contribution in [1.82, 2.24) is 4.57 Å². The molecule has 0 amide bonds. The lowest BCUT2D eigenvalue weighted by atomic mass is 10.0. The monoisotopic (exact) mass is 543 g/mol. The second-order valence-electron chi connectivity index (χ2n) is 10.6. The van der Waals surface area contributed by atoms with Gasteiger partial charge in [-0.05, 0) is 70.3 Å². The summed E-state index contributed by atoms with van der Waals surface area (Å²) in [6.45, 7) is 0. The number of aromatic nitrogens is 1. The number of carboxylic acid groups (broad SMARTS) is 1. The largest absolute Gasteiger partial charge is 0.478 e. The van der Waals surface area contributed by atoms with E-state index in [1.165, 1.54) is 23.6 Å². The van der Waals surface area contributed by atoms with Crippen LogP contribution in [0.3, 0.4) is 0 Å². The van der Waals surface area contributed by atoms with Crippen molar-refractivity contribution >= 4 is 67.0 Å². The molecule has 0 bridgehead atoms. The summed E-state index contributed by atoms with van der Waals surface area (Å²) in [5.41, 5.74) is 4.24. The van der Waals surface area contributed by atoms with E-state index in [1.54, 1.807) is 6.08 Å². The van der Waals surface area contributed by atoms with Crippen LogP contribution >= 0.6 is 0 Å². The third-order valence-corrected chi connectivity index (χ3v) is 8.22. The van der Waals surface area contributed by atoms with Crippen molar-refractivity contribution in [2.45, 2.75) is 0 Å². The van der Waals surface area contributed by atoms with E-state index in [9.17, 15) is 19.5 Å². The van der Waals surface area contributed by atoms with Crippen LogP contribution in [0.4, 0.5) is 0 Å². The number of ketones is 2. The van der Waals surface area contributed by atoms with Crippen LogP contribution in [0.5, 0.6) is 0 Å². The van der Waals surface area contributed by atoms with Gasteiger partial charge in [-0.3, -0.25) is 9.59 Å². The van der Waals surface area contributed by atoms with Gasteiger partial charge in [0.15, 0.2) is 11.6 Å². The maximum Gasteiger partial charge on any atom is 0.335 e. The van der Waals surface area contributed by atoms with Crippen LogP contribution in [0, 0.1) is 0 Å². The summed E-state index contributed by atoms with van der Waals surface area (Å²) in [6, 6.07) is 37.4. The van der Waals surface area contributed by atoms with E-state index < -0.39 is 17.5 Å². The minimum absolute atomic E-state index is 0.0219. The number of nitrogens with zero attached hydrogens (tertiary/aromatic N) is 1. The highest BCUT2D eigenvalue weighted by molar-refractivity contribution is 6.41. The maximum atomic E-state index is 13.2. The van der Waals surface area contributed by atoms with E-state index in [0.29, 0.717) is 0 Å². The van der Waals surface area contributed by atoms with Gasteiger partial charge in [0.25, 0.3) is 0 Å². The number of hydrogen-bond donors (Lipinski definition) is 1. The molecule has 198 valence electrons. The average molecular weight is 544 g/mol. The molecule has 0 unspecified atom stereocenters. The van der Waals surface area contributed by atoms with E-state index in [1.807, 2.05) is 42.5 Å². The highest BCUT2D eigenvalue weighted by atomic mass is 16.4. The van der Waals surface area contributed by atoms with E-state index in [4.69, 9.17) is 0 Å². The minimum atomic E-state index is -1.14. The van der Waals surface area contributed by atoms with Crippen molar-refractivity contribution in [3.8, 4) is 5.69 Å². The van der Waals surface area contributed by atoms with Crippen LogP contribution in [-0.2, 0) is 0 Å². The first-order chi connectivity index (χ1) is 20.5. The molecule has 1 aromatic heterocycles. The Bertz CT molecular complexity index is 2370. The molecule has 0 saturated heterocycles. The molecule has 5 heteroatoms. The standard InChI is InChI=1S/C37H21NO4/c39-35-29-15-12-25(37(41)42)20-31(29)36(40)32(35)18-21-9-16-33-30(17-21)28-14-11-23-6-3-4-8-27(23)34(28)38(33)26-13-10-22-5-1-2-7-24(22)19-26/h1-20H,(H,41,42)/b32-18-. The molecule has 8 rings (SSSR count). The number of carbonyl (C=O) groups is 3. The van der Waals surface area contributed by atoms with Crippen LogP contribution in [0.15, 0.2) is 121 Å². The van der Waals surface area contributed by atoms with Gasteiger partial charge < -0.3 is 9.67 Å². The molecule has 1 N–H and O–H groups in total. The van der Waals surface area contributed by atoms with Crippen molar-refractivity contribution in [1.29, 1.82) is 0 Å². The second-order valence-corrected chi connectivity index (χ2v) is 10.6. The molecule has 0 aliphatic heterocycles. The van der Waals surface area contributed by atoms with Crippen molar-refractivity contribution < 1.29 is 19.5 Å². The lowest BCUT2D eigenvalue weighted by Crippen LogP contribution is -2.01. The highest BCUT2D eigenvalue weighted by Crippen LogP contribution is 2.38. The molecule has 1 aliphatic rings.